The molecule has 1 heterocycles. The van der Waals surface area contributed by atoms with E-state index in [2.05, 4.69) is 0 Å². The van der Waals surface area contributed by atoms with Crippen LogP contribution in [-0.2, 0) is 19.6 Å². The molecule has 1 fully saturated rings. The maximum Gasteiger partial charge on any atom is 0.325 e. The van der Waals surface area contributed by atoms with Gasteiger partial charge in [0.05, 0.1) is 11.5 Å². The van der Waals surface area contributed by atoms with Crippen LogP contribution < -0.4 is 0 Å². The molecule has 1 saturated heterocycles. The minimum absolute atomic E-state index is 0.0992. The smallest absolute Gasteiger partial charge is 0.325 e. The topological polar surface area (TPSA) is 107 Å². The Kier molecular flexibility index (Phi) is 5.83. The van der Waals surface area contributed by atoms with Crippen LogP contribution in [0.15, 0.2) is 23.1 Å². The van der Waals surface area contributed by atoms with E-state index >= 15 is 0 Å². The van der Waals surface area contributed by atoms with E-state index in [1.54, 1.807) is 6.92 Å². The zero-order valence-electron chi connectivity index (χ0n) is 13.3. The van der Waals surface area contributed by atoms with Crippen molar-refractivity contribution in [1.29, 1.82) is 0 Å². The molecular formula is C14H18N2O6S2. The summed E-state index contributed by atoms with van der Waals surface area (Å²) in [4.78, 5) is 22.3. The van der Waals surface area contributed by atoms with Gasteiger partial charge in [-0.2, -0.15) is 16.1 Å². The lowest BCUT2D eigenvalue weighted by Gasteiger charge is -2.32. The number of hydrogen-bond donors (Lipinski definition) is 0. The van der Waals surface area contributed by atoms with Gasteiger partial charge in [0.15, 0.2) is 4.90 Å². The van der Waals surface area contributed by atoms with Gasteiger partial charge >= 0.3 is 5.97 Å². The Hall–Kier alpha value is -1.65. The van der Waals surface area contributed by atoms with Crippen molar-refractivity contribution in [1.82, 2.24) is 4.31 Å². The second kappa shape index (κ2) is 7.49. The fourth-order valence-corrected chi connectivity index (χ4v) is 5.72. The van der Waals surface area contributed by atoms with Gasteiger partial charge < -0.3 is 4.74 Å². The first kappa shape index (κ1) is 18.7. The summed E-state index contributed by atoms with van der Waals surface area (Å²) in [6.45, 7) is 3.37. The molecule has 8 nitrogen and oxygen atoms in total. The van der Waals surface area contributed by atoms with E-state index < -0.39 is 32.6 Å². The average molecular weight is 374 g/mol. The maximum atomic E-state index is 13.1. The van der Waals surface area contributed by atoms with Crippen molar-refractivity contribution in [2.75, 3.05) is 24.7 Å². The monoisotopic (exact) mass is 374 g/mol. The van der Waals surface area contributed by atoms with Crippen molar-refractivity contribution in [3.8, 4) is 0 Å². The van der Waals surface area contributed by atoms with Crippen LogP contribution in [0.1, 0.15) is 12.5 Å². The van der Waals surface area contributed by atoms with Crippen LogP contribution in [-0.4, -0.2) is 54.3 Å². The molecule has 0 saturated carbocycles. The molecule has 24 heavy (non-hydrogen) atoms. The molecule has 1 aromatic rings. The summed E-state index contributed by atoms with van der Waals surface area (Å²) in [5.41, 5.74) is -0.221. The van der Waals surface area contributed by atoms with Crippen molar-refractivity contribution in [3.05, 3.63) is 33.9 Å². The van der Waals surface area contributed by atoms with Gasteiger partial charge in [0.1, 0.15) is 6.04 Å². The predicted molar refractivity (Wildman–Crippen MR) is 89.5 cm³/mol. The number of nitro benzene ring substituents is 1. The van der Waals surface area contributed by atoms with Gasteiger partial charge in [-0.05, 0) is 19.4 Å². The summed E-state index contributed by atoms with van der Waals surface area (Å²) in [5, 5.41) is 11.2. The summed E-state index contributed by atoms with van der Waals surface area (Å²) in [6, 6.07) is 3.10. The van der Waals surface area contributed by atoms with Crippen LogP contribution in [0.3, 0.4) is 0 Å². The van der Waals surface area contributed by atoms with E-state index in [4.69, 9.17) is 4.74 Å². The quantitative estimate of drug-likeness (QED) is 0.437. The summed E-state index contributed by atoms with van der Waals surface area (Å²) in [6.07, 6.45) is 0. The number of carbonyl (C=O) groups is 1. The number of carbonyl (C=O) groups excluding carboxylic acids is 1. The van der Waals surface area contributed by atoms with Crippen LogP contribution in [0.2, 0.25) is 0 Å². The fourth-order valence-electron chi connectivity index (χ4n) is 2.53. The lowest BCUT2D eigenvalue weighted by atomic mass is 10.2. The number of rotatable bonds is 5. The van der Waals surface area contributed by atoms with E-state index in [0.29, 0.717) is 5.75 Å². The Morgan fingerprint density at radius 2 is 2.21 bits per heavy atom. The Morgan fingerprint density at radius 1 is 1.50 bits per heavy atom. The standard InChI is InChI=1S/C14H18N2O6S2/c1-3-22-14(17)12-9-23-8-7-15(12)24(20,21)13-10(2)5-4-6-11(13)16(18)19/h4-6,12H,3,7-9H2,1-2H3. The molecule has 0 bridgehead atoms. The molecule has 1 aromatic carbocycles. The van der Waals surface area contributed by atoms with Crippen molar-refractivity contribution < 1.29 is 22.9 Å². The lowest BCUT2D eigenvalue weighted by molar-refractivity contribution is -0.387. The number of nitrogens with zero attached hydrogens (tertiary/aromatic N) is 2. The van der Waals surface area contributed by atoms with Crippen LogP contribution in [0.4, 0.5) is 5.69 Å². The van der Waals surface area contributed by atoms with Crippen molar-refractivity contribution >= 4 is 33.4 Å². The molecule has 1 unspecified atom stereocenters. The zero-order valence-corrected chi connectivity index (χ0v) is 14.9. The van der Waals surface area contributed by atoms with E-state index in [1.165, 1.54) is 30.8 Å². The van der Waals surface area contributed by atoms with Gasteiger partial charge in [-0.3, -0.25) is 14.9 Å². The minimum atomic E-state index is -4.20. The number of aryl methyl sites for hydroxylation is 1. The Morgan fingerprint density at radius 3 is 2.83 bits per heavy atom. The van der Waals surface area contributed by atoms with E-state index in [9.17, 15) is 23.3 Å². The molecule has 0 aliphatic carbocycles. The molecule has 2 rings (SSSR count). The number of nitro groups is 1. The first-order valence-electron chi connectivity index (χ1n) is 7.31. The highest BCUT2D eigenvalue weighted by Crippen LogP contribution is 2.33. The summed E-state index contributed by atoms with van der Waals surface area (Å²) >= 11 is 1.45. The molecule has 0 radical (unpaired) electrons. The number of benzene rings is 1. The normalized spacial score (nSPS) is 19.0. The predicted octanol–water partition coefficient (Wildman–Crippen LogP) is 1.57. The maximum absolute atomic E-state index is 13.1. The molecule has 0 spiro atoms. The van der Waals surface area contributed by atoms with E-state index in [0.717, 1.165) is 10.4 Å². The van der Waals surface area contributed by atoms with Gasteiger partial charge in [0.2, 0.25) is 0 Å². The molecule has 0 amide bonds. The van der Waals surface area contributed by atoms with Crippen LogP contribution in [0, 0.1) is 17.0 Å². The number of ether oxygens (including phenoxy) is 1. The van der Waals surface area contributed by atoms with Crippen LogP contribution >= 0.6 is 11.8 Å². The largest absolute Gasteiger partial charge is 0.465 e. The summed E-state index contributed by atoms with van der Waals surface area (Å²) in [7, 11) is -4.20. The SMILES string of the molecule is CCOC(=O)C1CSCCN1S(=O)(=O)c1c(C)cccc1[N+](=O)[O-]. The second-order valence-electron chi connectivity index (χ2n) is 5.14. The Bertz CT molecular complexity index is 750. The summed E-state index contributed by atoms with van der Waals surface area (Å²) < 4.78 is 32.1. The molecule has 0 N–H and O–H groups in total. The van der Waals surface area contributed by atoms with Crippen LogP contribution in [0.5, 0.6) is 0 Å². The van der Waals surface area contributed by atoms with Gasteiger partial charge in [-0.15, -0.1) is 0 Å². The van der Waals surface area contributed by atoms with Gasteiger partial charge in [0.25, 0.3) is 15.7 Å². The van der Waals surface area contributed by atoms with Crippen molar-refractivity contribution in [3.63, 3.8) is 0 Å². The molecule has 132 valence electrons. The van der Waals surface area contributed by atoms with Gasteiger partial charge in [0, 0.05) is 24.1 Å². The van der Waals surface area contributed by atoms with E-state index in [-0.39, 0.29) is 29.4 Å². The molecule has 1 aliphatic rings. The molecule has 0 aromatic heterocycles. The average Bonchev–Trinajstić information content (AvgIpc) is 2.54. The minimum Gasteiger partial charge on any atom is -0.465 e. The zero-order chi connectivity index (χ0) is 17.9. The highest BCUT2D eigenvalue weighted by atomic mass is 32.2. The molecule has 1 atom stereocenters. The summed E-state index contributed by atoms with van der Waals surface area (Å²) in [5.74, 6) is 0.136. The molecule has 1 aliphatic heterocycles. The Labute approximate surface area is 144 Å². The third-order valence-corrected chi connectivity index (χ3v) is 6.72. The molecular weight excluding hydrogens is 356 g/mol. The first-order chi connectivity index (χ1) is 11.3. The number of thioether (sulfide) groups is 1. The Balaban J connectivity index is 2.53. The van der Waals surface area contributed by atoms with Gasteiger partial charge in [-0.1, -0.05) is 12.1 Å². The first-order valence-corrected chi connectivity index (χ1v) is 9.90. The number of esters is 1. The van der Waals surface area contributed by atoms with Crippen molar-refractivity contribution in [2.45, 2.75) is 24.8 Å². The van der Waals surface area contributed by atoms with E-state index in [1.807, 2.05) is 0 Å². The fraction of sp³-hybridized carbons (Fsp3) is 0.500. The third kappa shape index (κ3) is 3.55. The van der Waals surface area contributed by atoms with Crippen LogP contribution in [0.25, 0.3) is 0 Å². The molecule has 10 heteroatoms. The number of hydrogen-bond acceptors (Lipinski definition) is 7. The number of sulfonamides is 1. The van der Waals surface area contributed by atoms with Gasteiger partial charge in [-0.25, -0.2) is 8.42 Å². The van der Waals surface area contributed by atoms with Crippen molar-refractivity contribution in [2.24, 2.45) is 0 Å². The highest BCUT2D eigenvalue weighted by molar-refractivity contribution is 7.99. The second-order valence-corrected chi connectivity index (χ2v) is 8.12. The lowest BCUT2D eigenvalue weighted by Crippen LogP contribution is -2.51. The highest BCUT2D eigenvalue weighted by Gasteiger charge is 2.42. The third-order valence-electron chi connectivity index (χ3n) is 3.59.